The third-order valence-corrected chi connectivity index (χ3v) is 4.16. The molecule has 0 aliphatic carbocycles. The van der Waals surface area contributed by atoms with Crippen LogP contribution in [0.1, 0.15) is 26.4 Å². The number of aryl methyl sites for hydroxylation is 1. The van der Waals surface area contributed by atoms with Crippen LogP contribution in [0.3, 0.4) is 0 Å². The van der Waals surface area contributed by atoms with Crippen LogP contribution < -0.4 is 11.5 Å². The third-order valence-electron chi connectivity index (χ3n) is 4.16. The van der Waals surface area contributed by atoms with E-state index in [4.69, 9.17) is 11.5 Å². The summed E-state index contributed by atoms with van der Waals surface area (Å²) in [6.07, 6.45) is 0. The van der Waals surface area contributed by atoms with Gasteiger partial charge in [-0.25, -0.2) is 8.78 Å². The van der Waals surface area contributed by atoms with Crippen molar-refractivity contribution in [1.29, 1.82) is 0 Å². The Morgan fingerprint density at radius 3 is 1.85 bits per heavy atom. The molecule has 136 valence electrons. The highest BCUT2D eigenvalue weighted by Crippen LogP contribution is 2.28. The van der Waals surface area contributed by atoms with Crippen molar-refractivity contribution in [2.75, 3.05) is 0 Å². The number of carbonyl (C=O) groups is 2. The van der Waals surface area contributed by atoms with Gasteiger partial charge >= 0.3 is 0 Å². The molecule has 0 aliphatic heterocycles. The van der Waals surface area contributed by atoms with Gasteiger partial charge in [0.05, 0.1) is 16.8 Å². The number of pyridine rings is 1. The fourth-order valence-corrected chi connectivity index (χ4v) is 2.78. The molecule has 3 rings (SSSR count). The fourth-order valence-electron chi connectivity index (χ4n) is 2.78. The lowest BCUT2D eigenvalue weighted by molar-refractivity contribution is 0.0987. The van der Waals surface area contributed by atoms with E-state index in [1.807, 2.05) is 0 Å². The van der Waals surface area contributed by atoms with Crippen molar-refractivity contribution in [3.63, 3.8) is 0 Å². The molecule has 0 unspecified atom stereocenters. The number of nitrogens with zero attached hydrogens (tertiary/aromatic N) is 1. The largest absolute Gasteiger partial charge is 0.366 e. The molecular formula is C20H15F2N3O2. The maximum atomic E-state index is 13.7. The van der Waals surface area contributed by atoms with Crippen molar-refractivity contribution in [2.24, 2.45) is 11.5 Å². The minimum atomic E-state index is -0.868. The van der Waals surface area contributed by atoms with E-state index in [1.165, 1.54) is 30.3 Å². The average Bonchev–Trinajstić information content (AvgIpc) is 2.62. The van der Waals surface area contributed by atoms with Crippen molar-refractivity contribution in [1.82, 2.24) is 4.98 Å². The maximum absolute atomic E-state index is 13.7. The highest BCUT2D eigenvalue weighted by atomic mass is 19.1. The first-order valence-electron chi connectivity index (χ1n) is 7.95. The van der Waals surface area contributed by atoms with E-state index < -0.39 is 23.4 Å². The molecule has 0 saturated heterocycles. The second-order valence-electron chi connectivity index (χ2n) is 5.95. The van der Waals surface area contributed by atoms with Crippen molar-refractivity contribution < 1.29 is 18.4 Å². The van der Waals surface area contributed by atoms with Gasteiger partial charge in [0.15, 0.2) is 0 Å². The Labute approximate surface area is 153 Å². The number of benzene rings is 2. The van der Waals surface area contributed by atoms with Gasteiger partial charge in [-0.05, 0) is 48.9 Å². The number of nitrogens with two attached hydrogens (primary N) is 2. The summed E-state index contributed by atoms with van der Waals surface area (Å²) in [5, 5.41) is 0. The maximum Gasteiger partial charge on any atom is 0.251 e. The molecule has 1 heterocycles. The first kappa shape index (κ1) is 18.2. The molecule has 0 bridgehead atoms. The summed E-state index contributed by atoms with van der Waals surface area (Å²) >= 11 is 0. The van der Waals surface area contributed by atoms with Crippen LogP contribution in [0, 0.1) is 18.6 Å². The molecule has 4 N–H and O–H groups in total. The number of halogens is 2. The predicted molar refractivity (Wildman–Crippen MR) is 96.8 cm³/mol. The number of primary amides is 2. The standard InChI is InChI=1S/C20H15F2N3O2/c1-10-13(11-2-5-16(21)14(8-11)19(23)26)4-7-18(25-10)12-3-6-17(22)15(9-12)20(24)27/h2-9H,1H3,(H2,23,26)(H2,24,27). The van der Waals surface area contributed by atoms with Gasteiger partial charge in [-0.15, -0.1) is 0 Å². The summed E-state index contributed by atoms with van der Waals surface area (Å²) in [6.45, 7) is 1.74. The average molecular weight is 367 g/mol. The van der Waals surface area contributed by atoms with Gasteiger partial charge in [-0.2, -0.15) is 0 Å². The third kappa shape index (κ3) is 3.52. The van der Waals surface area contributed by atoms with Crippen LogP contribution >= 0.6 is 0 Å². The zero-order chi connectivity index (χ0) is 19.7. The Balaban J connectivity index is 2.05. The van der Waals surface area contributed by atoms with E-state index in [2.05, 4.69) is 4.98 Å². The monoisotopic (exact) mass is 367 g/mol. The normalized spacial score (nSPS) is 10.6. The molecule has 0 atom stereocenters. The van der Waals surface area contributed by atoms with Crippen LogP contribution in [-0.2, 0) is 0 Å². The number of amides is 2. The van der Waals surface area contributed by atoms with Gasteiger partial charge in [0, 0.05) is 16.8 Å². The van der Waals surface area contributed by atoms with Crippen molar-refractivity contribution in [2.45, 2.75) is 6.92 Å². The predicted octanol–water partition coefficient (Wildman–Crippen LogP) is 3.20. The Morgan fingerprint density at radius 1 is 0.815 bits per heavy atom. The minimum absolute atomic E-state index is 0.208. The molecular weight excluding hydrogens is 352 g/mol. The second-order valence-corrected chi connectivity index (χ2v) is 5.95. The highest BCUT2D eigenvalue weighted by molar-refractivity contribution is 5.95. The zero-order valence-corrected chi connectivity index (χ0v) is 14.3. The molecule has 0 saturated carbocycles. The zero-order valence-electron chi connectivity index (χ0n) is 14.3. The molecule has 2 amide bonds. The molecule has 0 spiro atoms. The SMILES string of the molecule is Cc1nc(-c2ccc(F)c(C(N)=O)c2)ccc1-c1ccc(F)c(C(N)=O)c1. The van der Waals surface area contributed by atoms with Crippen LogP contribution in [0.25, 0.3) is 22.4 Å². The first-order chi connectivity index (χ1) is 12.8. The minimum Gasteiger partial charge on any atom is -0.366 e. The highest BCUT2D eigenvalue weighted by Gasteiger charge is 2.14. The van der Waals surface area contributed by atoms with E-state index in [0.29, 0.717) is 28.1 Å². The van der Waals surface area contributed by atoms with Crippen LogP contribution in [0.15, 0.2) is 48.5 Å². The molecule has 0 radical (unpaired) electrons. The smallest absolute Gasteiger partial charge is 0.251 e. The number of hydrogen-bond donors (Lipinski definition) is 2. The van der Waals surface area contributed by atoms with Crippen molar-refractivity contribution >= 4 is 11.8 Å². The van der Waals surface area contributed by atoms with Gasteiger partial charge in [0.25, 0.3) is 11.8 Å². The summed E-state index contributed by atoms with van der Waals surface area (Å²) in [5.74, 6) is -3.13. The molecule has 7 heteroatoms. The number of hydrogen-bond acceptors (Lipinski definition) is 3. The van der Waals surface area contributed by atoms with Gasteiger partial charge in [0.1, 0.15) is 11.6 Å². The van der Waals surface area contributed by atoms with Crippen LogP contribution in [0.4, 0.5) is 8.78 Å². The van der Waals surface area contributed by atoms with E-state index in [9.17, 15) is 18.4 Å². The molecule has 1 aromatic heterocycles. The summed E-state index contributed by atoms with van der Waals surface area (Å²) < 4.78 is 27.3. The molecule has 3 aromatic rings. The van der Waals surface area contributed by atoms with E-state index in [-0.39, 0.29) is 11.1 Å². The molecule has 0 fully saturated rings. The lowest BCUT2D eigenvalue weighted by atomic mass is 9.99. The van der Waals surface area contributed by atoms with Crippen LogP contribution in [0.5, 0.6) is 0 Å². The lowest BCUT2D eigenvalue weighted by Gasteiger charge is -2.10. The molecule has 0 aliphatic rings. The van der Waals surface area contributed by atoms with Gasteiger partial charge < -0.3 is 11.5 Å². The van der Waals surface area contributed by atoms with E-state index in [0.717, 1.165) is 6.07 Å². The number of aromatic nitrogens is 1. The topological polar surface area (TPSA) is 99.1 Å². The summed E-state index contributed by atoms with van der Waals surface area (Å²) in [4.78, 5) is 27.1. The molecule has 5 nitrogen and oxygen atoms in total. The second kappa shape index (κ2) is 6.95. The molecule has 27 heavy (non-hydrogen) atoms. The quantitative estimate of drug-likeness (QED) is 0.741. The summed E-state index contributed by atoms with van der Waals surface area (Å²) in [6, 6.07) is 11.4. The Kier molecular flexibility index (Phi) is 4.68. The Morgan fingerprint density at radius 2 is 1.33 bits per heavy atom. The van der Waals surface area contributed by atoms with Crippen molar-refractivity contribution in [3.05, 3.63) is 77.0 Å². The van der Waals surface area contributed by atoms with E-state index >= 15 is 0 Å². The fraction of sp³-hybridized carbons (Fsp3) is 0.0500. The Bertz CT molecular complexity index is 1080. The van der Waals surface area contributed by atoms with Crippen LogP contribution in [-0.4, -0.2) is 16.8 Å². The number of rotatable bonds is 4. The van der Waals surface area contributed by atoms with Gasteiger partial charge in [-0.3, -0.25) is 14.6 Å². The lowest BCUT2D eigenvalue weighted by Crippen LogP contribution is -2.13. The molecule has 2 aromatic carbocycles. The van der Waals surface area contributed by atoms with E-state index in [1.54, 1.807) is 19.1 Å². The first-order valence-corrected chi connectivity index (χ1v) is 7.95. The van der Waals surface area contributed by atoms with Crippen molar-refractivity contribution in [3.8, 4) is 22.4 Å². The summed E-state index contributed by atoms with van der Waals surface area (Å²) in [5.41, 5.74) is 12.8. The summed E-state index contributed by atoms with van der Waals surface area (Å²) in [7, 11) is 0. The van der Waals surface area contributed by atoms with Gasteiger partial charge in [0.2, 0.25) is 0 Å². The Hall–Kier alpha value is -3.61. The van der Waals surface area contributed by atoms with Gasteiger partial charge in [-0.1, -0.05) is 12.1 Å². The van der Waals surface area contributed by atoms with Crippen LogP contribution in [0.2, 0.25) is 0 Å². The number of carbonyl (C=O) groups excluding carboxylic acids is 2.